The molecule has 0 aromatic rings. The molecule has 1 aliphatic heterocycles. The Hall–Kier alpha value is -0.600. The molecule has 19 heavy (non-hydrogen) atoms. The van der Waals surface area contributed by atoms with Gasteiger partial charge >= 0.3 is 0 Å². The molecule has 3 nitrogen and oxygen atoms in total. The molecule has 0 saturated carbocycles. The first-order valence-electron chi connectivity index (χ1n) is 7.15. The molecular weight excluding hydrogens is 238 g/mol. The maximum absolute atomic E-state index is 11.1. The predicted molar refractivity (Wildman–Crippen MR) is 79.1 cm³/mol. The average molecular weight is 267 g/mol. The molecule has 1 saturated heterocycles. The zero-order valence-corrected chi connectivity index (χ0v) is 13.2. The Morgan fingerprint density at radius 1 is 1.37 bits per heavy atom. The highest BCUT2D eigenvalue weighted by Gasteiger charge is 2.55. The molecule has 1 N–H and O–H groups in total. The van der Waals surface area contributed by atoms with Gasteiger partial charge in [0.05, 0.1) is 18.2 Å². The van der Waals surface area contributed by atoms with E-state index in [1.807, 2.05) is 14.1 Å². The van der Waals surface area contributed by atoms with Gasteiger partial charge in [0.1, 0.15) is 5.60 Å². The fourth-order valence-corrected chi connectivity index (χ4v) is 3.26. The molecule has 0 spiro atoms. The van der Waals surface area contributed by atoms with Crippen molar-refractivity contribution in [2.45, 2.75) is 58.0 Å². The first-order valence-corrected chi connectivity index (χ1v) is 7.15. The lowest BCUT2D eigenvalue weighted by atomic mass is 9.81. The Morgan fingerprint density at radius 3 is 2.32 bits per heavy atom. The van der Waals surface area contributed by atoms with E-state index >= 15 is 0 Å². The van der Waals surface area contributed by atoms with Crippen LogP contribution in [-0.2, 0) is 4.74 Å². The summed E-state index contributed by atoms with van der Waals surface area (Å²) in [7, 11) is 3.98. The summed E-state index contributed by atoms with van der Waals surface area (Å²) in [5.41, 5.74) is 1.75. The minimum Gasteiger partial charge on any atom is -0.381 e. The van der Waals surface area contributed by atoms with Gasteiger partial charge in [0.25, 0.3) is 0 Å². The van der Waals surface area contributed by atoms with E-state index < -0.39 is 5.60 Å². The van der Waals surface area contributed by atoms with Crippen molar-refractivity contribution < 1.29 is 9.84 Å². The summed E-state index contributed by atoms with van der Waals surface area (Å²) in [6.07, 6.45) is 2.46. The van der Waals surface area contributed by atoms with Gasteiger partial charge in [-0.05, 0) is 38.4 Å². The Bertz CT molecular complexity index is 345. The summed E-state index contributed by atoms with van der Waals surface area (Å²) in [5, 5.41) is 11.1. The van der Waals surface area contributed by atoms with Crippen molar-refractivity contribution in [1.29, 1.82) is 0 Å². The van der Waals surface area contributed by atoms with Gasteiger partial charge in [-0.15, -0.1) is 5.73 Å². The first-order chi connectivity index (χ1) is 8.74. The van der Waals surface area contributed by atoms with Gasteiger partial charge in [0.2, 0.25) is 0 Å². The van der Waals surface area contributed by atoms with Crippen LogP contribution in [0.5, 0.6) is 0 Å². The van der Waals surface area contributed by atoms with Gasteiger partial charge in [-0.25, -0.2) is 0 Å². The monoisotopic (exact) mass is 267 g/mol. The zero-order chi connectivity index (χ0) is 14.8. The van der Waals surface area contributed by atoms with E-state index in [-0.39, 0.29) is 24.2 Å². The largest absolute Gasteiger partial charge is 0.381 e. The molecule has 1 heterocycles. The molecule has 0 aromatic heterocycles. The van der Waals surface area contributed by atoms with Gasteiger partial charge in [0.15, 0.2) is 0 Å². The summed E-state index contributed by atoms with van der Waals surface area (Å²) in [6.45, 7) is 12.2. The van der Waals surface area contributed by atoms with Crippen LogP contribution in [0.4, 0.5) is 0 Å². The molecule has 0 bridgehead atoms. The van der Waals surface area contributed by atoms with Gasteiger partial charge in [-0.2, -0.15) is 0 Å². The van der Waals surface area contributed by atoms with Crippen LogP contribution in [0.15, 0.2) is 18.4 Å². The fraction of sp³-hybridized carbons (Fsp3) is 0.812. The summed E-state index contributed by atoms with van der Waals surface area (Å²) in [6, 6.07) is -0.0588. The number of hydrogen-bond acceptors (Lipinski definition) is 3. The van der Waals surface area contributed by atoms with E-state index in [0.29, 0.717) is 5.92 Å². The van der Waals surface area contributed by atoms with Crippen LogP contribution in [0.25, 0.3) is 0 Å². The average Bonchev–Trinajstić information content (AvgIpc) is 2.50. The smallest absolute Gasteiger partial charge is 0.134 e. The molecule has 4 atom stereocenters. The number of likely N-dealkylation sites (N-methyl/N-ethyl adjacent to an activating group) is 1. The van der Waals surface area contributed by atoms with E-state index in [2.05, 4.69) is 44.9 Å². The maximum Gasteiger partial charge on any atom is 0.134 e. The Labute approximate surface area is 117 Å². The lowest BCUT2D eigenvalue weighted by molar-refractivity contribution is -0.0521. The highest BCUT2D eigenvalue weighted by molar-refractivity contribution is 5.17. The minimum absolute atomic E-state index is 0.0389. The van der Waals surface area contributed by atoms with Gasteiger partial charge in [-0.3, -0.25) is 0 Å². The zero-order valence-electron chi connectivity index (χ0n) is 13.2. The molecule has 0 amide bonds. The quantitative estimate of drug-likeness (QED) is 0.777. The van der Waals surface area contributed by atoms with Gasteiger partial charge in [0, 0.05) is 0 Å². The van der Waals surface area contributed by atoms with Crippen molar-refractivity contribution in [3.8, 4) is 0 Å². The number of rotatable bonds is 5. The van der Waals surface area contributed by atoms with E-state index in [1.165, 1.54) is 0 Å². The second-order valence-electron chi connectivity index (χ2n) is 6.61. The van der Waals surface area contributed by atoms with Crippen LogP contribution in [0.3, 0.4) is 0 Å². The summed E-state index contributed by atoms with van der Waals surface area (Å²) in [5.74, 6) is 0.782. The molecular formula is C16H29NO2. The Kier molecular flexibility index (Phi) is 5.40. The highest BCUT2D eigenvalue weighted by atomic mass is 16.5. The third-order valence-electron chi connectivity index (χ3n) is 3.80. The summed E-state index contributed by atoms with van der Waals surface area (Å²) in [4.78, 5) is 2.06. The second-order valence-corrected chi connectivity index (χ2v) is 6.61. The van der Waals surface area contributed by atoms with Crippen molar-refractivity contribution in [3.63, 3.8) is 0 Å². The lowest BCUT2D eigenvalue weighted by Crippen LogP contribution is -2.54. The van der Waals surface area contributed by atoms with Crippen molar-refractivity contribution in [1.82, 2.24) is 4.90 Å². The van der Waals surface area contributed by atoms with Crippen LogP contribution >= 0.6 is 0 Å². The fourth-order valence-electron chi connectivity index (χ4n) is 3.26. The molecule has 0 radical (unpaired) electrons. The van der Waals surface area contributed by atoms with Crippen LogP contribution < -0.4 is 0 Å². The SMILES string of the molecule is C=C=C[C@]1(O)[C@H](C(C)C)O[C@H](CC(C)C)[C@H]1N(C)C. The minimum atomic E-state index is -1.01. The van der Waals surface area contributed by atoms with Crippen LogP contribution in [0.1, 0.15) is 34.1 Å². The van der Waals surface area contributed by atoms with Crippen LogP contribution in [-0.4, -0.2) is 48.0 Å². The Balaban J connectivity index is 3.16. The molecule has 1 aliphatic rings. The second kappa shape index (κ2) is 6.23. The molecule has 0 aromatic carbocycles. The topological polar surface area (TPSA) is 32.7 Å². The number of hydrogen-bond donors (Lipinski definition) is 1. The molecule has 1 fully saturated rings. The van der Waals surface area contributed by atoms with E-state index in [0.717, 1.165) is 6.42 Å². The van der Waals surface area contributed by atoms with E-state index in [1.54, 1.807) is 6.08 Å². The molecule has 3 heteroatoms. The predicted octanol–water partition coefficient (Wildman–Crippen LogP) is 2.46. The lowest BCUT2D eigenvalue weighted by Gasteiger charge is -2.36. The standard InChI is InChI=1S/C16H29NO2/c1-8-9-16(18)14(17(6)7)13(10-11(2)3)19-15(16)12(4)5/h9,11-15,18H,1,10H2,2-7H3/t13-,14-,15+,16-/m1/s1. The number of ether oxygens (including phenoxy) is 1. The van der Waals surface area contributed by atoms with Crippen LogP contribution in [0.2, 0.25) is 0 Å². The third-order valence-corrected chi connectivity index (χ3v) is 3.80. The third kappa shape index (κ3) is 3.29. The molecule has 1 rings (SSSR count). The maximum atomic E-state index is 11.1. The highest BCUT2D eigenvalue weighted by Crippen LogP contribution is 2.40. The van der Waals surface area contributed by atoms with Crippen molar-refractivity contribution in [3.05, 3.63) is 18.4 Å². The van der Waals surface area contributed by atoms with E-state index in [9.17, 15) is 5.11 Å². The molecule has 110 valence electrons. The number of nitrogens with zero attached hydrogens (tertiary/aromatic N) is 1. The first kappa shape index (κ1) is 16.5. The van der Waals surface area contributed by atoms with Gasteiger partial charge in [-0.1, -0.05) is 34.3 Å². The molecule has 0 unspecified atom stereocenters. The van der Waals surface area contributed by atoms with Crippen molar-refractivity contribution in [2.75, 3.05) is 14.1 Å². The normalized spacial score (nSPS) is 35.2. The Morgan fingerprint density at radius 2 is 1.95 bits per heavy atom. The molecule has 0 aliphatic carbocycles. The number of aliphatic hydroxyl groups is 1. The van der Waals surface area contributed by atoms with E-state index in [4.69, 9.17) is 4.74 Å². The van der Waals surface area contributed by atoms with Crippen molar-refractivity contribution >= 4 is 0 Å². The van der Waals surface area contributed by atoms with Crippen LogP contribution in [0, 0.1) is 11.8 Å². The van der Waals surface area contributed by atoms with Crippen molar-refractivity contribution in [2.24, 2.45) is 11.8 Å². The summed E-state index contributed by atoms with van der Waals surface area (Å²) >= 11 is 0. The summed E-state index contributed by atoms with van der Waals surface area (Å²) < 4.78 is 6.19. The van der Waals surface area contributed by atoms with Gasteiger partial charge < -0.3 is 14.7 Å².